The van der Waals surface area contributed by atoms with E-state index in [1.807, 2.05) is 31.3 Å². The molecule has 4 rings (SSSR count). The van der Waals surface area contributed by atoms with Gasteiger partial charge in [-0.15, -0.1) is 0 Å². The highest BCUT2D eigenvalue weighted by Gasteiger charge is 2.29. The molecule has 6 heteroatoms. The molecule has 2 aliphatic heterocycles. The highest BCUT2D eigenvalue weighted by molar-refractivity contribution is 5.96. The van der Waals surface area contributed by atoms with Crippen LogP contribution in [0.5, 0.6) is 5.75 Å². The van der Waals surface area contributed by atoms with Gasteiger partial charge in [0, 0.05) is 30.8 Å². The number of fused-ring (bicyclic) bond motifs is 3. The maximum atomic E-state index is 12.7. The van der Waals surface area contributed by atoms with Crippen LogP contribution in [0.3, 0.4) is 0 Å². The average Bonchev–Trinajstić information content (AvgIpc) is 3.23. The van der Waals surface area contributed by atoms with E-state index in [0.29, 0.717) is 24.9 Å². The monoisotopic (exact) mass is 340 g/mol. The zero-order valence-electron chi connectivity index (χ0n) is 14.8. The van der Waals surface area contributed by atoms with E-state index in [1.165, 1.54) is 6.42 Å². The van der Waals surface area contributed by atoms with Crippen molar-refractivity contribution in [1.29, 1.82) is 0 Å². The summed E-state index contributed by atoms with van der Waals surface area (Å²) in [6.45, 7) is 5.39. The number of aromatic nitrogens is 2. The van der Waals surface area contributed by atoms with E-state index in [9.17, 15) is 4.79 Å². The summed E-state index contributed by atoms with van der Waals surface area (Å²) in [7, 11) is 1.88. The fourth-order valence-corrected chi connectivity index (χ4v) is 4.00. The maximum absolute atomic E-state index is 12.7. The molecule has 1 N–H and O–H groups in total. The van der Waals surface area contributed by atoms with Gasteiger partial charge < -0.3 is 10.1 Å². The van der Waals surface area contributed by atoms with Crippen LogP contribution in [-0.2, 0) is 13.7 Å². The van der Waals surface area contributed by atoms with E-state index in [4.69, 9.17) is 4.74 Å². The summed E-state index contributed by atoms with van der Waals surface area (Å²) >= 11 is 0. The summed E-state index contributed by atoms with van der Waals surface area (Å²) in [5, 5.41) is 7.57. The van der Waals surface area contributed by atoms with Crippen molar-refractivity contribution in [3.63, 3.8) is 0 Å². The number of aryl methyl sites for hydroxylation is 1. The smallest absolute Gasteiger partial charge is 0.272 e. The molecule has 1 aromatic carbocycles. The zero-order valence-corrected chi connectivity index (χ0v) is 14.8. The SMILES string of the molecule is CCN1CCCC1CNC(=O)c1nn(C)c2c1COc1ccccc1-2. The van der Waals surface area contributed by atoms with Gasteiger partial charge in [0.2, 0.25) is 0 Å². The number of benzene rings is 1. The first-order valence-corrected chi connectivity index (χ1v) is 8.99. The van der Waals surface area contributed by atoms with E-state index in [0.717, 1.165) is 42.1 Å². The van der Waals surface area contributed by atoms with Crippen LogP contribution in [0.25, 0.3) is 11.3 Å². The Kier molecular flexibility index (Phi) is 4.21. The molecule has 25 heavy (non-hydrogen) atoms. The molecular formula is C19H24N4O2. The quantitative estimate of drug-likeness (QED) is 0.927. The summed E-state index contributed by atoms with van der Waals surface area (Å²) in [6.07, 6.45) is 2.35. The topological polar surface area (TPSA) is 59.4 Å². The standard InChI is InChI=1S/C19H24N4O2/c1-3-23-10-6-7-13(23)11-20-19(24)17-15-12-25-16-9-5-4-8-14(16)18(15)22(2)21-17/h4-5,8-9,13H,3,6-7,10-12H2,1-2H3,(H,20,24). The number of hydrogen-bond acceptors (Lipinski definition) is 4. The molecular weight excluding hydrogens is 316 g/mol. The molecule has 0 spiro atoms. The molecule has 1 saturated heterocycles. The van der Waals surface area contributed by atoms with Crippen LogP contribution in [0.15, 0.2) is 24.3 Å². The lowest BCUT2D eigenvalue weighted by atomic mass is 10.0. The Morgan fingerprint density at radius 1 is 1.40 bits per heavy atom. The van der Waals surface area contributed by atoms with Crippen LogP contribution in [0, 0.1) is 0 Å². The third-order valence-electron chi connectivity index (χ3n) is 5.28. The van der Waals surface area contributed by atoms with Gasteiger partial charge in [0.25, 0.3) is 5.91 Å². The van der Waals surface area contributed by atoms with Crippen molar-refractivity contribution in [3.05, 3.63) is 35.5 Å². The van der Waals surface area contributed by atoms with E-state index in [2.05, 4.69) is 22.2 Å². The van der Waals surface area contributed by atoms with E-state index < -0.39 is 0 Å². The molecule has 1 atom stereocenters. The number of likely N-dealkylation sites (tertiary alicyclic amines) is 1. The van der Waals surface area contributed by atoms with E-state index >= 15 is 0 Å². The lowest BCUT2D eigenvalue weighted by molar-refractivity contribution is 0.0933. The summed E-state index contributed by atoms with van der Waals surface area (Å²) < 4.78 is 7.62. The molecule has 2 aliphatic rings. The number of nitrogens with one attached hydrogen (secondary N) is 1. The number of nitrogens with zero attached hydrogens (tertiary/aromatic N) is 3. The highest BCUT2D eigenvalue weighted by atomic mass is 16.5. The summed E-state index contributed by atoms with van der Waals surface area (Å²) in [4.78, 5) is 15.2. The normalized spacial score (nSPS) is 19.2. The van der Waals surface area contributed by atoms with Gasteiger partial charge in [-0.2, -0.15) is 5.10 Å². The number of rotatable bonds is 4. The minimum absolute atomic E-state index is 0.109. The second-order valence-electron chi connectivity index (χ2n) is 6.72. The Morgan fingerprint density at radius 3 is 3.08 bits per heavy atom. The molecule has 1 amide bonds. The number of amides is 1. The third-order valence-corrected chi connectivity index (χ3v) is 5.28. The Balaban J connectivity index is 1.55. The molecule has 0 saturated carbocycles. The van der Waals surface area contributed by atoms with Crippen LogP contribution >= 0.6 is 0 Å². The second kappa shape index (κ2) is 6.52. The van der Waals surface area contributed by atoms with Crippen LogP contribution in [0.1, 0.15) is 35.8 Å². The van der Waals surface area contributed by atoms with E-state index in [-0.39, 0.29) is 5.91 Å². The Labute approximate surface area is 147 Å². The molecule has 3 heterocycles. The lowest BCUT2D eigenvalue weighted by Crippen LogP contribution is -2.40. The van der Waals surface area contributed by atoms with Crippen molar-refractivity contribution >= 4 is 5.91 Å². The predicted octanol–water partition coefficient (Wildman–Crippen LogP) is 2.19. The van der Waals surface area contributed by atoms with Gasteiger partial charge in [-0.3, -0.25) is 14.4 Å². The summed E-state index contributed by atoms with van der Waals surface area (Å²) in [5.41, 5.74) is 3.32. The van der Waals surface area contributed by atoms with E-state index in [1.54, 1.807) is 4.68 Å². The van der Waals surface area contributed by atoms with Gasteiger partial charge >= 0.3 is 0 Å². The van der Waals surface area contributed by atoms with Crippen molar-refractivity contribution in [2.45, 2.75) is 32.4 Å². The van der Waals surface area contributed by atoms with Gasteiger partial charge in [0.05, 0.1) is 5.69 Å². The number of ether oxygens (including phenoxy) is 1. The van der Waals surface area contributed by atoms with Gasteiger partial charge in [0.15, 0.2) is 5.69 Å². The van der Waals surface area contributed by atoms with Gasteiger partial charge in [-0.25, -0.2) is 0 Å². The van der Waals surface area contributed by atoms with Crippen molar-refractivity contribution in [1.82, 2.24) is 20.0 Å². The van der Waals surface area contributed by atoms with Gasteiger partial charge in [0.1, 0.15) is 12.4 Å². The van der Waals surface area contributed by atoms with Crippen molar-refractivity contribution < 1.29 is 9.53 Å². The number of carbonyl (C=O) groups excluding carboxylic acids is 1. The number of likely N-dealkylation sites (N-methyl/N-ethyl adjacent to an activating group) is 1. The van der Waals surface area contributed by atoms with Crippen molar-refractivity contribution in [2.75, 3.05) is 19.6 Å². The van der Waals surface area contributed by atoms with Crippen LogP contribution in [0.4, 0.5) is 0 Å². The number of para-hydroxylation sites is 1. The third kappa shape index (κ3) is 2.80. The fraction of sp³-hybridized carbons (Fsp3) is 0.474. The average molecular weight is 340 g/mol. The molecule has 132 valence electrons. The highest BCUT2D eigenvalue weighted by Crippen LogP contribution is 2.38. The van der Waals surface area contributed by atoms with Crippen molar-refractivity contribution in [3.8, 4) is 17.0 Å². The minimum Gasteiger partial charge on any atom is -0.488 e. The first-order valence-electron chi connectivity index (χ1n) is 8.99. The summed E-state index contributed by atoms with van der Waals surface area (Å²) in [5.74, 6) is 0.734. The van der Waals surface area contributed by atoms with Crippen LogP contribution in [0.2, 0.25) is 0 Å². The minimum atomic E-state index is -0.109. The molecule has 1 fully saturated rings. The Bertz CT molecular complexity index is 799. The molecule has 6 nitrogen and oxygen atoms in total. The fourth-order valence-electron chi connectivity index (χ4n) is 4.00. The van der Waals surface area contributed by atoms with Gasteiger partial charge in [-0.1, -0.05) is 19.1 Å². The second-order valence-corrected chi connectivity index (χ2v) is 6.72. The molecule has 1 unspecified atom stereocenters. The number of hydrogen-bond donors (Lipinski definition) is 1. The lowest BCUT2D eigenvalue weighted by Gasteiger charge is -2.23. The molecule has 0 radical (unpaired) electrons. The zero-order chi connectivity index (χ0) is 17.4. The molecule has 0 bridgehead atoms. The molecule has 0 aliphatic carbocycles. The number of carbonyl (C=O) groups is 1. The van der Waals surface area contributed by atoms with Crippen molar-refractivity contribution in [2.24, 2.45) is 7.05 Å². The maximum Gasteiger partial charge on any atom is 0.272 e. The van der Waals surface area contributed by atoms with Crippen LogP contribution in [-0.4, -0.2) is 46.3 Å². The van der Waals surface area contributed by atoms with Crippen LogP contribution < -0.4 is 10.1 Å². The Hall–Kier alpha value is -2.34. The largest absolute Gasteiger partial charge is 0.488 e. The molecule has 2 aromatic rings. The molecule has 1 aromatic heterocycles. The first kappa shape index (κ1) is 16.1. The summed E-state index contributed by atoms with van der Waals surface area (Å²) in [6, 6.07) is 8.32. The van der Waals surface area contributed by atoms with Gasteiger partial charge in [-0.05, 0) is 38.1 Å². The Morgan fingerprint density at radius 2 is 2.24 bits per heavy atom. The first-order chi connectivity index (χ1) is 12.2. The predicted molar refractivity (Wildman–Crippen MR) is 95.6 cm³/mol.